The van der Waals surface area contributed by atoms with Crippen molar-refractivity contribution in [1.29, 1.82) is 0 Å². The molecular formula is C44H69NO12. The lowest BCUT2D eigenvalue weighted by molar-refractivity contribution is -0.302. The lowest BCUT2D eigenvalue weighted by atomic mass is 9.81. The average molecular weight is 807 g/mol. The van der Waals surface area contributed by atoms with Crippen molar-refractivity contribution < 1.29 is 60.9 Å². The van der Waals surface area contributed by atoms with E-state index in [4.69, 9.17) is 26.4 Å². The second-order valence-corrected chi connectivity index (χ2v) is 17.2. The molecule has 0 spiro atoms. The molecule has 57 heavy (non-hydrogen) atoms. The smallest absolute Gasteiger partial charge is 0.329 e. The Morgan fingerprint density at radius 3 is 2.32 bits per heavy atom. The molecule has 0 radical (unpaired) electrons. The standard InChI is InChI=1S/C44H69NO12/c1-10-13-31-19-25(2)18-26(3)20-37(54-8)40-38(55-9)22-28(5)44(52,57-40)41(49)42(50)45-17-12-11-14-32(45)43(51)56-39(29(6)34(47)24-35(31)48)27(4)21-30-15-16-33(46)36(23-30)53-7/h10,19,21,26,28-34,36-40,46-47,52H,1,11-18,20,22-24H2,2-9H3/b25-19?,27-21+/t26-,28+,29+,30-,31?,32-,33+,34-,36+,37-,38-,39+,40+,44+/m0/s1/i1+1D2. The summed E-state index contributed by atoms with van der Waals surface area (Å²) in [6, 6.07) is -1.18. The van der Waals surface area contributed by atoms with E-state index in [1.165, 1.54) is 20.3 Å². The van der Waals surface area contributed by atoms with Gasteiger partial charge in [-0.05, 0) is 95.5 Å². The number of hydrogen-bond donors (Lipinski definition) is 3. The molecule has 4 aliphatic rings. The van der Waals surface area contributed by atoms with Crippen molar-refractivity contribution in [2.45, 2.75) is 160 Å². The molecule has 13 heteroatoms. The first-order valence-electron chi connectivity index (χ1n) is 21.8. The molecule has 1 aliphatic carbocycles. The van der Waals surface area contributed by atoms with E-state index in [1.807, 2.05) is 26.0 Å². The molecule has 1 amide bonds. The maximum Gasteiger partial charge on any atom is 0.329 e. The Labute approximate surface area is 342 Å². The highest BCUT2D eigenvalue weighted by Crippen LogP contribution is 2.39. The van der Waals surface area contributed by atoms with Crippen molar-refractivity contribution in [3.63, 3.8) is 0 Å². The molecule has 1 saturated carbocycles. The summed E-state index contributed by atoms with van der Waals surface area (Å²) in [5.74, 6) is -8.41. The third-order valence-corrected chi connectivity index (χ3v) is 12.8. The summed E-state index contributed by atoms with van der Waals surface area (Å²) in [4.78, 5) is 58.0. The van der Waals surface area contributed by atoms with E-state index in [0.29, 0.717) is 50.5 Å². The van der Waals surface area contributed by atoms with Crippen molar-refractivity contribution in [3.05, 3.63) is 35.9 Å². The van der Waals surface area contributed by atoms with Gasteiger partial charge in [-0.2, -0.15) is 0 Å². The second-order valence-electron chi connectivity index (χ2n) is 17.2. The minimum Gasteiger partial charge on any atom is -0.456 e. The number of carbonyl (C=O) groups excluding carboxylic acids is 4. The lowest BCUT2D eigenvalue weighted by Crippen LogP contribution is -2.64. The van der Waals surface area contributed by atoms with Crippen LogP contribution in [0.4, 0.5) is 0 Å². The summed E-state index contributed by atoms with van der Waals surface area (Å²) in [7, 11) is 4.55. The van der Waals surface area contributed by atoms with E-state index >= 15 is 0 Å². The largest absolute Gasteiger partial charge is 0.456 e. The maximum absolute atomic E-state index is 14.3. The second kappa shape index (κ2) is 21.0. The Hall–Kier alpha value is -2.78. The number of nitrogens with zero attached hydrogens (tertiary/aromatic N) is 1. The van der Waals surface area contributed by atoms with Crippen LogP contribution in [-0.4, -0.2) is 126 Å². The molecule has 0 aromatic heterocycles. The van der Waals surface area contributed by atoms with Gasteiger partial charge in [-0.15, -0.1) is 6.53 Å². The van der Waals surface area contributed by atoms with E-state index in [-0.39, 0.29) is 56.0 Å². The van der Waals surface area contributed by atoms with E-state index in [0.717, 1.165) is 10.5 Å². The Balaban J connectivity index is 1.80. The van der Waals surface area contributed by atoms with Crippen molar-refractivity contribution in [2.75, 3.05) is 27.9 Å². The van der Waals surface area contributed by atoms with Crippen LogP contribution in [0.2, 0.25) is 0 Å². The number of ketones is 2. The van der Waals surface area contributed by atoms with Gasteiger partial charge in [0, 0.05) is 52.0 Å². The molecule has 0 aromatic rings. The van der Waals surface area contributed by atoms with Gasteiger partial charge < -0.3 is 43.9 Å². The van der Waals surface area contributed by atoms with E-state index in [2.05, 4.69) is 0 Å². The molecule has 3 heterocycles. The molecule has 4 rings (SSSR count). The van der Waals surface area contributed by atoms with Gasteiger partial charge in [0.25, 0.3) is 11.7 Å². The molecule has 322 valence electrons. The number of piperidine rings is 1. The highest BCUT2D eigenvalue weighted by atomic mass is 16.7. The lowest BCUT2D eigenvalue weighted by Gasteiger charge is -2.47. The number of Topliss-reactive ketones (excluding diaryl/α,β-unsaturated/α-hetero) is 2. The Bertz CT molecular complexity index is 1570. The fourth-order valence-electron chi connectivity index (χ4n) is 9.37. The zero-order valence-corrected chi connectivity index (χ0v) is 35.2. The van der Waals surface area contributed by atoms with Crippen LogP contribution in [0.15, 0.2) is 35.9 Å². The van der Waals surface area contributed by atoms with Gasteiger partial charge in [-0.25, -0.2) is 4.79 Å². The average Bonchev–Trinajstić information content (AvgIpc) is 3.20. The molecular weight excluding hydrogens is 735 g/mol. The number of esters is 1. The molecule has 0 aromatic carbocycles. The Morgan fingerprint density at radius 2 is 1.65 bits per heavy atom. The number of methoxy groups -OCH3 is 3. The molecule has 14 atom stereocenters. The molecule has 3 aliphatic heterocycles. The number of carbonyl (C=O) groups is 4. The van der Waals surface area contributed by atoms with Crippen molar-refractivity contribution in [1.82, 2.24) is 4.90 Å². The number of hydrogen-bond acceptors (Lipinski definition) is 12. The third kappa shape index (κ3) is 11.3. The van der Waals surface area contributed by atoms with Crippen LogP contribution in [0.25, 0.3) is 0 Å². The fraction of sp³-hybridized carbons (Fsp3) is 0.773. The van der Waals surface area contributed by atoms with Gasteiger partial charge >= 0.3 is 5.97 Å². The summed E-state index contributed by atoms with van der Waals surface area (Å²) in [6.45, 7) is 8.59. The fourth-order valence-corrected chi connectivity index (χ4v) is 9.37. The normalized spacial score (nSPS) is 40.5. The summed E-state index contributed by atoms with van der Waals surface area (Å²) < 4.78 is 45.1. The first-order valence-corrected chi connectivity index (χ1v) is 20.8. The molecule has 2 bridgehead atoms. The van der Waals surface area contributed by atoms with Crippen molar-refractivity contribution in [2.24, 2.45) is 29.6 Å². The number of aliphatic hydroxyl groups excluding tert-OH is 2. The maximum atomic E-state index is 14.3. The van der Waals surface area contributed by atoms with Crippen LogP contribution < -0.4 is 0 Å². The quantitative estimate of drug-likeness (QED) is 0.141. The number of cyclic esters (lactones) is 1. The van der Waals surface area contributed by atoms with Crippen LogP contribution in [0, 0.1) is 29.6 Å². The zero-order chi connectivity index (χ0) is 43.8. The number of rotatable bonds is 7. The summed E-state index contributed by atoms with van der Waals surface area (Å²) >= 11 is 0. The highest BCUT2D eigenvalue weighted by Gasteiger charge is 2.56. The molecule has 2 saturated heterocycles. The van der Waals surface area contributed by atoms with Gasteiger partial charge in [0.05, 0.1) is 33.3 Å². The molecule has 1 unspecified atom stereocenters. The summed E-state index contributed by atoms with van der Waals surface area (Å²) in [5, 5.41) is 34.2. The molecule has 3 N–H and O–H groups in total. The Morgan fingerprint density at radius 1 is 0.965 bits per heavy atom. The first kappa shape index (κ1) is 43.8. The van der Waals surface area contributed by atoms with Crippen LogP contribution in [-0.2, 0) is 42.9 Å². The molecule has 13 nitrogen and oxygen atoms in total. The minimum atomic E-state index is -2.54. The topological polar surface area (TPSA) is 178 Å². The summed E-state index contributed by atoms with van der Waals surface area (Å²) in [6.07, 6.45) is 3.43. The Kier molecular flexibility index (Phi) is 16.1. The number of aliphatic hydroxyl groups is 3. The monoisotopic (exact) mass is 806 g/mol. The predicted octanol–water partition coefficient (Wildman–Crippen LogP) is 4.64. The number of allylic oxidation sites excluding steroid dienone is 4. The van der Waals surface area contributed by atoms with E-state index in [9.17, 15) is 34.5 Å². The third-order valence-electron chi connectivity index (χ3n) is 12.8. The van der Waals surface area contributed by atoms with Crippen LogP contribution in [0.3, 0.4) is 0 Å². The van der Waals surface area contributed by atoms with Gasteiger partial charge in [0.2, 0.25) is 5.79 Å². The summed E-state index contributed by atoms with van der Waals surface area (Å²) in [5.41, 5.74) is 1.47. The number of fused-ring (bicyclic) bond motifs is 3. The van der Waals surface area contributed by atoms with Gasteiger partial charge in [0.1, 0.15) is 24.0 Å². The SMILES string of the molecule is [2H][13C]([2H])=CCC1C=C(C)C[C@H](C)C[C@H](OC)[C@H]2O[C@@](O)(C(=O)C(=O)N3CCCC[C@H]3C(=O)O[C@H](/C(C)=C/[C@@H]3CC[C@@H](O)[C@H](OC)C3)[C@H](C)[C@@H](O)CC1=O)[C@H](C)C[C@@H]2OC. The van der Waals surface area contributed by atoms with Crippen molar-refractivity contribution in [3.8, 4) is 0 Å². The minimum absolute atomic E-state index is 0.0448. The van der Waals surface area contributed by atoms with Crippen LogP contribution in [0.1, 0.15) is 108 Å². The van der Waals surface area contributed by atoms with Crippen LogP contribution >= 0.6 is 0 Å². The molecule has 3 fully saturated rings. The zero-order valence-electron chi connectivity index (χ0n) is 37.2. The van der Waals surface area contributed by atoms with E-state index < -0.39 is 90.4 Å². The first-order chi connectivity index (χ1) is 27.8. The van der Waals surface area contributed by atoms with Crippen molar-refractivity contribution >= 4 is 23.4 Å². The number of amides is 1. The highest BCUT2D eigenvalue weighted by molar-refractivity contribution is 6.39. The van der Waals surface area contributed by atoms with Crippen LogP contribution in [0.5, 0.6) is 0 Å². The van der Waals surface area contributed by atoms with Gasteiger partial charge in [-0.1, -0.05) is 44.6 Å². The van der Waals surface area contributed by atoms with E-state index in [1.54, 1.807) is 27.9 Å². The predicted molar refractivity (Wildman–Crippen MR) is 213 cm³/mol. The van der Waals surface area contributed by atoms with Gasteiger partial charge in [0.15, 0.2) is 0 Å². The van der Waals surface area contributed by atoms with Gasteiger partial charge in [-0.3, -0.25) is 14.4 Å². The number of ether oxygens (including phenoxy) is 5.